The molecule has 2 N–H and O–H groups in total. The number of benzene rings is 1. The van der Waals surface area contributed by atoms with E-state index in [2.05, 4.69) is 10.1 Å². The average molecular weight is 254 g/mol. The van der Waals surface area contributed by atoms with Crippen LogP contribution in [0, 0.1) is 24.4 Å². The Kier molecular flexibility index (Phi) is 3.05. The molecule has 2 rings (SSSR count). The van der Waals surface area contributed by atoms with Crippen molar-refractivity contribution < 1.29 is 13.2 Å². The summed E-state index contributed by atoms with van der Waals surface area (Å²) in [6, 6.07) is 1.90. The third kappa shape index (κ3) is 2.20. The van der Waals surface area contributed by atoms with Crippen LogP contribution in [0.1, 0.15) is 11.3 Å². The van der Waals surface area contributed by atoms with E-state index in [1.165, 1.54) is 10.9 Å². The number of aryl methyl sites for hydroxylation is 1. The van der Waals surface area contributed by atoms with Crippen LogP contribution in [0.4, 0.5) is 19.1 Å². The number of rotatable bonds is 2. The highest BCUT2D eigenvalue weighted by Gasteiger charge is 2.11. The molecule has 18 heavy (non-hydrogen) atoms. The van der Waals surface area contributed by atoms with Gasteiger partial charge < -0.3 is 5.73 Å². The van der Waals surface area contributed by atoms with Crippen LogP contribution in [-0.2, 0) is 0 Å². The number of nitrogens with two attached hydrogens (primary N) is 1. The molecule has 0 saturated heterocycles. The number of nitrogen functional groups attached to an aromatic ring is 1. The second-order valence-corrected chi connectivity index (χ2v) is 3.59. The standard InChI is InChI=1S/C11H9F3N4/c1-6-5-18(11(15)17-6)16-4-7-2-3-8(12)10(14)9(7)13/h2-5H,1H3,(H2,15,17). The fourth-order valence-corrected chi connectivity index (χ4v) is 1.36. The number of anilines is 1. The van der Waals surface area contributed by atoms with Crippen molar-refractivity contribution in [2.75, 3.05) is 5.73 Å². The van der Waals surface area contributed by atoms with Crippen molar-refractivity contribution in [2.24, 2.45) is 5.10 Å². The number of aromatic nitrogens is 2. The fraction of sp³-hybridized carbons (Fsp3) is 0.0909. The largest absolute Gasteiger partial charge is 0.368 e. The van der Waals surface area contributed by atoms with Gasteiger partial charge in [-0.05, 0) is 19.1 Å². The van der Waals surface area contributed by atoms with E-state index < -0.39 is 17.5 Å². The van der Waals surface area contributed by atoms with Crippen LogP contribution in [0.3, 0.4) is 0 Å². The summed E-state index contributed by atoms with van der Waals surface area (Å²) >= 11 is 0. The SMILES string of the molecule is Cc1cn(N=Cc2ccc(F)c(F)c2F)c(N)n1. The Hall–Kier alpha value is -2.31. The monoisotopic (exact) mass is 254 g/mol. The van der Waals surface area contributed by atoms with Gasteiger partial charge in [0.2, 0.25) is 5.95 Å². The van der Waals surface area contributed by atoms with Crippen molar-refractivity contribution in [1.82, 2.24) is 9.66 Å². The van der Waals surface area contributed by atoms with Gasteiger partial charge in [0.25, 0.3) is 0 Å². The molecule has 2 aromatic rings. The highest BCUT2D eigenvalue weighted by Crippen LogP contribution is 2.13. The maximum Gasteiger partial charge on any atom is 0.221 e. The van der Waals surface area contributed by atoms with E-state index in [4.69, 9.17) is 5.73 Å². The Morgan fingerprint density at radius 2 is 2.00 bits per heavy atom. The zero-order valence-electron chi connectivity index (χ0n) is 9.36. The zero-order chi connectivity index (χ0) is 13.3. The number of halogens is 3. The molecule has 1 heterocycles. The molecule has 0 aliphatic carbocycles. The van der Waals surface area contributed by atoms with Crippen LogP contribution >= 0.6 is 0 Å². The van der Waals surface area contributed by atoms with Crippen molar-refractivity contribution in [3.05, 3.63) is 47.0 Å². The van der Waals surface area contributed by atoms with Gasteiger partial charge in [-0.3, -0.25) is 0 Å². The third-order valence-electron chi connectivity index (χ3n) is 2.22. The quantitative estimate of drug-likeness (QED) is 0.659. The van der Waals surface area contributed by atoms with E-state index >= 15 is 0 Å². The summed E-state index contributed by atoms with van der Waals surface area (Å²) in [4.78, 5) is 3.88. The minimum Gasteiger partial charge on any atom is -0.368 e. The lowest BCUT2D eigenvalue weighted by Gasteiger charge is -1.99. The van der Waals surface area contributed by atoms with E-state index in [1.54, 1.807) is 6.92 Å². The first-order valence-corrected chi connectivity index (χ1v) is 4.98. The van der Waals surface area contributed by atoms with E-state index in [0.717, 1.165) is 18.3 Å². The topological polar surface area (TPSA) is 56.2 Å². The molecule has 1 aromatic carbocycles. The number of imidazole rings is 1. The summed E-state index contributed by atoms with van der Waals surface area (Å²) in [5.74, 6) is -3.96. The maximum absolute atomic E-state index is 13.3. The molecule has 0 unspecified atom stereocenters. The first kappa shape index (κ1) is 12.2. The Labute approximate surface area is 101 Å². The smallest absolute Gasteiger partial charge is 0.221 e. The van der Waals surface area contributed by atoms with Gasteiger partial charge >= 0.3 is 0 Å². The van der Waals surface area contributed by atoms with Crippen molar-refractivity contribution in [3.8, 4) is 0 Å². The summed E-state index contributed by atoms with van der Waals surface area (Å²) in [6.07, 6.45) is 2.55. The van der Waals surface area contributed by atoms with E-state index in [1.807, 2.05) is 0 Å². The van der Waals surface area contributed by atoms with Gasteiger partial charge in [0.1, 0.15) is 0 Å². The molecule has 94 valence electrons. The molecule has 0 bridgehead atoms. The van der Waals surface area contributed by atoms with Gasteiger partial charge in [0.05, 0.1) is 18.1 Å². The number of hydrogen-bond donors (Lipinski definition) is 1. The number of hydrogen-bond acceptors (Lipinski definition) is 3. The molecule has 1 aromatic heterocycles. The molecule has 0 fully saturated rings. The molecule has 7 heteroatoms. The number of nitrogens with zero attached hydrogens (tertiary/aromatic N) is 3. The molecule has 0 atom stereocenters. The highest BCUT2D eigenvalue weighted by atomic mass is 19.2. The molecule has 0 aliphatic heterocycles. The van der Waals surface area contributed by atoms with Crippen molar-refractivity contribution >= 4 is 12.2 Å². The molecular weight excluding hydrogens is 245 g/mol. The maximum atomic E-state index is 13.3. The van der Waals surface area contributed by atoms with Crippen molar-refractivity contribution in [1.29, 1.82) is 0 Å². The van der Waals surface area contributed by atoms with Gasteiger partial charge in [-0.25, -0.2) is 22.8 Å². The van der Waals surface area contributed by atoms with Gasteiger partial charge in [-0.2, -0.15) is 5.10 Å². The first-order chi connectivity index (χ1) is 8.49. The average Bonchev–Trinajstić information content (AvgIpc) is 2.64. The summed E-state index contributed by atoms with van der Waals surface area (Å²) in [6.45, 7) is 1.71. The lowest BCUT2D eigenvalue weighted by atomic mass is 10.2. The van der Waals surface area contributed by atoms with Crippen LogP contribution in [-0.4, -0.2) is 15.9 Å². The van der Waals surface area contributed by atoms with Gasteiger partial charge in [-0.15, -0.1) is 0 Å². The lowest BCUT2D eigenvalue weighted by Crippen LogP contribution is -2.00. The Morgan fingerprint density at radius 1 is 1.28 bits per heavy atom. The van der Waals surface area contributed by atoms with Crippen LogP contribution in [0.2, 0.25) is 0 Å². The van der Waals surface area contributed by atoms with Crippen LogP contribution in [0.25, 0.3) is 0 Å². The zero-order valence-corrected chi connectivity index (χ0v) is 9.36. The Morgan fingerprint density at radius 3 is 2.61 bits per heavy atom. The summed E-state index contributed by atoms with van der Waals surface area (Å²) in [7, 11) is 0. The third-order valence-corrected chi connectivity index (χ3v) is 2.22. The minimum absolute atomic E-state index is 0.117. The summed E-state index contributed by atoms with van der Waals surface area (Å²) in [5, 5.41) is 3.80. The highest BCUT2D eigenvalue weighted by molar-refractivity contribution is 5.79. The Balaban J connectivity index is 2.35. The van der Waals surface area contributed by atoms with Crippen molar-refractivity contribution in [3.63, 3.8) is 0 Å². The van der Waals surface area contributed by atoms with E-state index in [-0.39, 0.29) is 11.5 Å². The van der Waals surface area contributed by atoms with Crippen LogP contribution in [0.5, 0.6) is 0 Å². The van der Waals surface area contributed by atoms with Crippen LogP contribution in [0.15, 0.2) is 23.4 Å². The normalized spacial score (nSPS) is 11.3. The first-order valence-electron chi connectivity index (χ1n) is 4.98. The summed E-state index contributed by atoms with van der Waals surface area (Å²) in [5.41, 5.74) is 5.96. The lowest BCUT2D eigenvalue weighted by molar-refractivity contribution is 0.446. The Bertz CT molecular complexity index is 619. The van der Waals surface area contributed by atoms with Crippen molar-refractivity contribution in [2.45, 2.75) is 6.92 Å². The van der Waals surface area contributed by atoms with Gasteiger partial charge in [0, 0.05) is 5.56 Å². The summed E-state index contributed by atoms with van der Waals surface area (Å²) < 4.78 is 40.2. The predicted molar refractivity (Wildman–Crippen MR) is 60.7 cm³/mol. The van der Waals surface area contributed by atoms with Gasteiger partial charge in [0.15, 0.2) is 17.5 Å². The molecule has 0 radical (unpaired) electrons. The molecule has 0 aliphatic rings. The van der Waals surface area contributed by atoms with Gasteiger partial charge in [-0.1, -0.05) is 0 Å². The van der Waals surface area contributed by atoms with E-state index in [0.29, 0.717) is 5.69 Å². The molecule has 4 nitrogen and oxygen atoms in total. The molecule has 0 amide bonds. The second-order valence-electron chi connectivity index (χ2n) is 3.59. The second kappa shape index (κ2) is 4.52. The molecule has 0 spiro atoms. The molecular formula is C11H9F3N4. The van der Waals surface area contributed by atoms with E-state index in [9.17, 15) is 13.2 Å². The minimum atomic E-state index is -1.53. The molecule has 0 saturated carbocycles. The van der Waals surface area contributed by atoms with Crippen LogP contribution < -0.4 is 5.73 Å². The fourth-order valence-electron chi connectivity index (χ4n) is 1.36. The predicted octanol–water partition coefficient (Wildman–Crippen LogP) is 2.07.